The molecule has 0 spiro atoms. The van der Waals surface area contributed by atoms with E-state index in [4.69, 9.17) is 0 Å². The van der Waals surface area contributed by atoms with Gasteiger partial charge >= 0.3 is 0 Å². The topological polar surface area (TPSA) is 49.0 Å². The zero-order valence-corrected chi connectivity index (χ0v) is 12.9. The zero-order chi connectivity index (χ0) is 15.1. The molecule has 1 heterocycles. The number of aromatic amines is 1. The van der Waals surface area contributed by atoms with E-state index >= 15 is 0 Å². The van der Waals surface area contributed by atoms with Crippen molar-refractivity contribution >= 4 is 5.91 Å². The van der Waals surface area contributed by atoms with Crippen molar-refractivity contribution in [2.45, 2.75) is 44.1 Å². The van der Waals surface area contributed by atoms with E-state index in [1.165, 1.54) is 24.0 Å². The Balaban J connectivity index is 1.58. The molecule has 1 fully saturated rings. The van der Waals surface area contributed by atoms with E-state index in [-0.39, 0.29) is 11.9 Å². The first-order valence-corrected chi connectivity index (χ1v) is 8.14. The average Bonchev–Trinajstić information content (AvgIpc) is 3.30. The number of aryl methyl sites for hydroxylation is 1. The highest BCUT2D eigenvalue weighted by atomic mass is 16.2. The van der Waals surface area contributed by atoms with Gasteiger partial charge in [-0.15, -0.1) is 0 Å². The van der Waals surface area contributed by atoms with Crippen molar-refractivity contribution in [2.75, 3.05) is 7.05 Å². The SMILES string of the molecule is CN(C(=O)c1cc(C2CC2)[nH]n1)[C@H]1CCCc2ccccc21. The number of carbonyl (C=O) groups excluding carboxylic acids is 1. The Bertz CT molecular complexity index is 702. The maximum atomic E-state index is 12.8. The number of nitrogens with one attached hydrogen (secondary N) is 1. The van der Waals surface area contributed by atoms with Crippen molar-refractivity contribution in [3.05, 3.63) is 52.8 Å². The second kappa shape index (κ2) is 5.27. The molecule has 22 heavy (non-hydrogen) atoms. The van der Waals surface area contributed by atoms with Crippen LogP contribution in [-0.4, -0.2) is 28.1 Å². The van der Waals surface area contributed by atoms with Gasteiger partial charge in [0, 0.05) is 18.7 Å². The number of rotatable bonds is 3. The fourth-order valence-corrected chi connectivity index (χ4v) is 3.50. The third-order valence-electron chi connectivity index (χ3n) is 4.96. The maximum Gasteiger partial charge on any atom is 0.274 e. The van der Waals surface area contributed by atoms with Crippen LogP contribution in [0.4, 0.5) is 0 Å². The lowest BCUT2D eigenvalue weighted by atomic mass is 9.87. The fraction of sp³-hybridized carbons (Fsp3) is 0.444. The fourth-order valence-electron chi connectivity index (χ4n) is 3.50. The van der Waals surface area contributed by atoms with Crippen LogP contribution in [0.5, 0.6) is 0 Å². The summed E-state index contributed by atoms with van der Waals surface area (Å²) < 4.78 is 0. The first kappa shape index (κ1) is 13.6. The monoisotopic (exact) mass is 295 g/mol. The molecule has 0 radical (unpaired) electrons. The Morgan fingerprint density at radius 3 is 2.91 bits per heavy atom. The largest absolute Gasteiger partial charge is 0.333 e. The van der Waals surface area contributed by atoms with Gasteiger partial charge in [-0.2, -0.15) is 5.10 Å². The lowest BCUT2D eigenvalue weighted by Crippen LogP contribution is -2.33. The first-order valence-electron chi connectivity index (χ1n) is 8.14. The van der Waals surface area contributed by atoms with Crippen LogP contribution in [0, 0.1) is 0 Å². The van der Waals surface area contributed by atoms with Crippen molar-refractivity contribution in [2.24, 2.45) is 0 Å². The number of H-pyrrole nitrogens is 1. The van der Waals surface area contributed by atoms with Crippen LogP contribution in [0.3, 0.4) is 0 Å². The minimum Gasteiger partial charge on any atom is -0.333 e. The maximum absolute atomic E-state index is 12.8. The Kier molecular flexibility index (Phi) is 3.25. The molecule has 4 heteroatoms. The second-order valence-electron chi connectivity index (χ2n) is 6.51. The van der Waals surface area contributed by atoms with Crippen LogP contribution in [0.15, 0.2) is 30.3 Å². The molecular weight excluding hydrogens is 274 g/mol. The van der Waals surface area contributed by atoms with Gasteiger partial charge in [-0.25, -0.2) is 0 Å². The Labute approximate surface area is 130 Å². The molecule has 4 rings (SSSR count). The van der Waals surface area contributed by atoms with Crippen LogP contribution in [0.1, 0.15) is 65.0 Å². The minimum absolute atomic E-state index is 0.0184. The Morgan fingerprint density at radius 2 is 2.09 bits per heavy atom. The van der Waals surface area contributed by atoms with E-state index < -0.39 is 0 Å². The molecule has 1 aromatic heterocycles. The first-order chi connectivity index (χ1) is 10.7. The van der Waals surface area contributed by atoms with Gasteiger partial charge in [-0.05, 0) is 49.3 Å². The molecule has 1 aromatic carbocycles. The Hall–Kier alpha value is -2.10. The number of hydrogen-bond acceptors (Lipinski definition) is 2. The van der Waals surface area contributed by atoms with Crippen LogP contribution in [0.2, 0.25) is 0 Å². The summed E-state index contributed by atoms with van der Waals surface area (Å²) in [5, 5.41) is 7.26. The van der Waals surface area contributed by atoms with Gasteiger partial charge in [0.25, 0.3) is 5.91 Å². The van der Waals surface area contributed by atoms with Gasteiger partial charge in [0.05, 0.1) is 6.04 Å². The molecule has 2 aliphatic rings. The molecule has 0 aliphatic heterocycles. The van der Waals surface area contributed by atoms with Crippen molar-refractivity contribution in [1.82, 2.24) is 15.1 Å². The predicted molar refractivity (Wildman–Crippen MR) is 84.8 cm³/mol. The number of hydrogen-bond donors (Lipinski definition) is 1. The summed E-state index contributed by atoms with van der Waals surface area (Å²) in [4.78, 5) is 14.6. The number of aromatic nitrogens is 2. The Morgan fingerprint density at radius 1 is 1.27 bits per heavy atom. The highest BCUT2D eigenvalue weighted by Gasteiger charge is 2.30. The molecule has 2 aromatic rings. The highest BCUT2D eigenvalue weighted by Crippen LogP contribution is 2.39. The summed E-state index contributed by atoms with van der Waals surface area (Å²) >= 11 is 0. The van der Waals surface area contributed by atoms with E-state index in [0.717, 1.165) is 25.0 Å². The lowest BCUT2D eigenvalue weighted by Gasteiger charge is -2.32. The summed E-state index contributed by atoms with van der Waals surface area (Å²) in [6.45, 7) is 0. The minimum atomic E-state index is 0.0184. The molecule has 0 saturated heterocycles. The van der Waals surface area contributed by atoms with Crippen molar-refractivity contribution in [3.63, 3.8) is 0 Å². The standard InChI is InChI=1S/C18H21N3O/c1-21(17-8-4-6-12-5-2-3-7-14(12)17)18(22)16-11-15(19-20-16)13-9-10-13/h2-3,5,7,11,13,17H,4,6,8-10H2,1H3,(H,19,20)/t17-/m0/s1. The molecule has 1 N–H and O–H groups in total. The molecular formula is C18H21N3O. The number of carbonyl (C=O) groups is 1. The summed E-state index contributed by atoms with van der Waals surface area (Å²) in [6, 6.07) is 10.6. The molecule has 1 amide bonds. The summed E-state index contributed by atoms with van der Waals surface area (Å²) in [6.07, 6.45) is 5.69. The average molecular weight is 295 g/mol. The van der Waals surface area contributed by atoms with Crippen molar-refractivity contribution < 1.29 is 4.79 Å². The normalized spacial score (nSPS) is 20.5. The molecule has 2 aliphatic carbocycles. The van der Waals surface area contributed by atoms with Crippen molar-refractivity contribution in [3.8, 4) is 0 Å². The van der Waals surface area contributed by atoms with Gasteiger partial charge in [-0.1, -0.05) is 24.3 Å². The molecule has 4 nitrogen and oxygen atoms in total. The lowest BCUT2D eigenvalue weighted by molar-refractivity contribution is 0.0709. The second-order valence-corrected chi connectivity index (χ2v) is 6.51. The number of benzene rings is 1. The van der Waals surface area contributed by atoms with Gasteiger partial charge in [0.15, 0.2) is 0 Å². The molecule has 0 unspecified atom stereocenters. The van der Waals surface area contributed by atoms with Crippen LogP contribution >= 0.6 is 0 Å². The molecule has 0 bridgehead atoms. The van der Waals surface area contributed by atoms with Crippen LogP contribution in [0.25, 0.3) is 0 Å². The third kappa shape index (κ3) is 2.32. The van der Waals surface area contributed by atoms with E-state index in [2.05, 4.69) is 34.5 Å². The third-order valence-corrected chi connectivity index (χ3v) is 4.96. The van der Waals surface area contributed by atoms with Gasteiger partial charge in [0.1, 0.15) is 5.69 Å². The van der Waals surface area contributed by atoms with Gasteiger partial charge in [-0.3, -0.25) is 9.89 Å². The quantitative estimate of drug-likeness (QED) is 0.943. The van der Waals surface area contributed by atoms with E-state index in [1.54, 1.807) is 0 Å². The van der Waals surface area contributed by atoms with E-state index in [9.17, 15) is 4.79 Å². The summed E-state index contributed by atoms with van der Waals surface area (Å²) in [7, 11) is 1.90. The molecule has 1 atom stereocenters. The number of amides is 1. The molecule has 1 saturated carbocycles. The number of fused-ring (bicyclic) bond motifs is 1. The van der Waals surface area contributed by atoms with Crippen LogP contribution < -0.4 is 0 Å². The summed E-state index contributed by atoms with van der Waals surface area (Å²) in [5.41, 5.74) is 4.33. The smallest absolute Gasteiger partial charge is 0.274 e. The van der Waals surface area contributed by atoms with Crippen molar-refractivity contribution in [1.29, 1.82) is 0 Å². The zero-order valence-electron chi connectivity index (χ0n) is 12.9. The van der Waals surface area contributed by atoms with E-state index in [1.807, 2.05) is 18.0 Å². The van der Waals surface area contributed by atoms with Gasteiger partial charge < -0.3 is 4.90 Å². The predicted octanol–water partition coefficient (Wildman–Crippen LogP) is 3.44. The highest BCUT2D eigenvalue weighted by molar-refractivity contribution is 5.92. The van der Waals surface area contributed by atoms with E-state index in [0.29, 0.717) is 11.6 Å². The number of nitrogens with zero attached hydrogens (tertiary/aromatic N) is 2. The van der Waals surface area contributed by atoms with Crippen LogP contribution in [-0.2, 0) is 6.42 Å². The molecule has 114 valence electrons. The van der Waals surface area contributed by atoms with Gasteiger partial charge in [0.2, 0.25) is 0 Å². The summed E-state index contributed by atoms with van der Waals surface area (Å²) in [5.74, 6) is 0.611.